The van der Waals surface area contributed by atoms with E-state index in [0.29, 0.717) is 17.0 Å². The minimum Gasteiger partial charge on any atom is -0.506 e. The van der Waals surface area contributed by atoms with Gasteiger partial charge in [0, 0.05) is 17.3 Å². The van der Waals surface area contributed by atoms with Crippen molar-refractivity contribution in [2.75, 3.05) is 0 Å². The molecule has 1 aromatic heterocycles. The lowest BCUT2D eigenvalue weighted by Gasteiger charge is -2.24. The number of nitrogens with zero attached hydrogens (tertiary/aromatic N) is 1. The van der Waals surface area contributed by atoms with E-state index in [2.05, 4.69) is 10.1 Å². The number of ether oxygens (including phenoxy) is 1. The summed E-state index contributed by atoms with van der Waals surface area (Å²) in [6.45, 7) is 5.81. The molecule has 180 valence electrons. The van der Waals surface area contributed by atoms with Crippen LogP contribution in [0.2, 0.25) is 0 Å². The second-order valence-corrected chi connectivity index (χ2v) is 10.0. The average molecular weight is 478 g/mol. The standard InChI is InChI=1S/C23H31N2O7P/c1-14(2)31-23(28)16(4)25-33(29,32-20-9-8-17-6-5-7-18(17)10-20)30-13-19-11-24-15(3)22(27)21(19)12-26/h8-11,14,16,26-27H,5-7,12-13H2,1-4H3,(H,25,29)/t16-,33?/m0/s1. The van der Waals surface area contributed by atoms with Crippen LogP contribution in [-0.2, 0) is 44.7 Å². The van der Waals surface area contributed by atoms with E-state index < -0.39 is 26.4 Å². The van der Waals surface area contributed by atoms with E-state index in [4.69, 9.17) is 13.8 Å². The van der Waals surface area contributed by atoms with E-state index in [-0.39, 0.29) is 24.0 Å². The molecule has 1 unspecified atom stereocenters. The van der Waals surface area contributed by atoms with Gasteiger partial charge in [-0.1, -0.05) is 6.07 Å². The van der Waals surface area contributed by atoms with Crippen LogP contribution >= 0.6 is 7.75 Å². The quantitative estimate of drug-likeness (QED) is 0.346. The lowest BCUT2D eigenvalue weighted by molar-refractivity contribution is -0.149. The zero-order valence-corrected chi connectivity index (χ0v) is 20.2. The number of aryl methyl sites for hydroxylation is 3. The van der Waals surface area contributed by atoms with E-state index in [1.165, 1.54) is 18.7 Å². The fourth-order valence-electron chi connectivity index (χ4n) is 3.60. The summed E-state index contributed by atoms with van der Waals surface area (Å²) in [6, 6.07) is 4.51. The predicted molar refractivity (Wildman–Crippen MR) is 122 cm³/mol. The molecule has 0 amide bonds. The summed E-state index contributed by atoms with van der Waals surface area (Å²) in [5.41, 5.74) is 3.27. The maximum Gasteiger partial charge on any atom is 0.459 e. The van der Waals surface area contributed by atoms with Crippen molar-refractivity contribution in [1.82, 2.24) is 10.1 Å². The third-order valence-corrected chi connectivity index (χ3v) is 6.95. The fraction of sp³-hybridized carbons (Fsp3) is 0.478. The second kappa shape index (κ2) is 10.7. The number of nitrogens with one attached hydrogen (secondary N) is 1. The van der Waals surface area contributed by atoms with Gasteiger partial charge in [0.2, 0.25) is 0 Å². The van der Waals surface area contributed by atoms with Crippen LogP contribution in [-0.4, -0.2) is 33.3 Å². The monoisotopic (exact) mass is 478 g/mol. The van der Waals surface area contributed by atoms with Gasteiger partial charge in [0.1, 0.15) is 17.5 Å². The topological polar surface area (TPSA) is 127 Å². The fourth-order valence-corrected chi connectivity index (χ4v) is 5.06. The minimum absolute atomic E-state index is 0.158. The molecule has 0 aliphatic heterocycles. The lowest BCUT2D eigenvalue weighted by Crippen LogP contribution is -2.36. The Morgan fingerprint density at radius 2 is 1.97 bits per heavy atom. The molecular formula is C23H31N2O7P. The molecule has 3 N–H and O–H groups in total. The first-order valence-corrected chi connectivity index (χ1v) is 12.5. The van der Waals surface area contributed by atoms with Gasteiger partial charge in [0.15, 0.2) is 0 Å². The zero-order valence-electron chi connectivity index (χ0n) is 19.3. The molecule has 1 aromatic carbocycles. The molecule has 1 heterocycles. The van der Waals surface area contributed by atoms with Gasteiger partial charge < -0.3 is 19.5 Å². The summed E-state index contributed by atoms with van der Waals surface area (Å²) in [5, 5.41) is 22.5. The number of aromatic hydroxyl groups is 1. The van der Waals surface area contributed by atoms with Crippen LogP contribution in [0, 0.1) is 6.92 Å². The summed E-state index contributed by atoms with van der Waals surface area (Å²) in [4.78, 5) is 16.4. The summed E-state index contributed by atoms with van der Waals surface area (Å²) in [5.74, 6) is -0.407. The number of aliphatic hydroxyl groups is 1. The van der Waals surface area contributed by atoms with Crippen LogP contribution in [0.25, 0.3) is 0 Å². The van der Waals surface area contributed by atoms with Crippen molar-refractivity contribution < 1.29 is 33.4 Å². The highest BCUT2D eigenvalue weighted by Gasteiger charge is 2.33. The summed E-state index contributed by atoms with van der Waals surface area (Å²) < 4.78 is 30.3. The maximum atomic E-state index is 13.7. The zero-order chi connectivity index (χ0) is 24.2. The average Bonchev–Trinajstić information content (AvgIpc) is 3.22. The van der Waals surface area contributed by atoms with Crippen molar-refractivity contribution in [2.45, 2.75) is 72.3 Å². The maximum absolute atomic E-state index is 13.7. The molecule has 1 aliphatic carbocycles. The van der Waals surface area contributed by atoms with Crippen LogP contribution < -0.4 is 9.61 Å². The van der Waals surface area contributed by atoms with Crippen molar-refractivity contribution in [1.29, 1.82) is 0 Å². The molecule has 3 rings (SSSR count). The Morgan fingerprint density at radius 3 is 2.67 bits per heavy atom. The molecule has 0 fully saturated rings. The molecule has 2 aromatic rings. The van der Waals surface area contributed by atoms with Crippen LogP contribution in [0.3, 0.4) is 0 Å². The number of benzene rings is 1. The van der Waals surface area contributed by atoms with Gasteiger partial charge in [-0.25, -0.2) is 4.57 Å². The molecule has 0 bridgehead atoms. The van der Waals surface area contributed by atoms with E-state index >= 15 is 0 Å². The molecule has 2 atom stereocenters. The molecular weight excluding hydrogens is 447 g/mol. The first-order valence-electron chi connectivity index (χ1n) is 10.9. The Kier molecular flexibility index (Phi) is 8.13. The van der Waals surface area contributed by atoms with Gasteiger partial charge in [-0.15, -0.1) is 0 Å². The highest BCUT2D eigenvalue weighted by Crippen LogP contribution is 2.47. The van der Waals surface area contributed by atoms with Gasteiger partial charge in [-0.3, -0.25) is 14.3 Å². The number of hydrogen-bond acceptors (Lipinski definition) is 8. The van der Waals surface area contributed by atoms with Crippen LogP contribution in [0.5, 0.6) is 11.5 Å². The number of pyridine rings is 1. The summed E-state index contributed by atoms with van der Waals surface area (Å²) in [6.07, 6.45) is 4.05. The number of esters is 1. The normalized spacial score (nSPS) is 15.7. The Hall–Kier alpha value is -2.45. The minimum atomic E-state index is -4.08. The number of hydrogen-bond donors (Lipinski definition) is 3. The Morgan fingerprint density at radius 1 is 1.24 bits per heavy atom. The van der Waals surface area contributed by atoms with Crippen molar-refractivity contribution in [2.24, 2.45) is 0 Å². The largest absolute Gasteiger partial charge is 0.506 e. The SMILES string of the molecule is Cc1ncc(COP(=O)(N[C@@H](C)C(=O)OC(C)C)Oc2ccc3c(c2)CCC3)c(CO)c1O. The molecule has 33 heavy (non-hydrogen) atoms. The molecule has 0 radical (unpaired) electrons. The Balaban J connectivity index is 1.84. The van der Waals surface area contributed by atoms with Crippen molar-refractivity contribution in [3.05, 3.63) is 52.3 Å². The van der Waals surface area contributed by atoms with E-state index in [9.17, 15) is 19.6 Å². The lowest BCUT2D eigenvalue weighted by atomic mass is 10.1. The highest BCUT2D eigenvalue weighted by molar-refractivity contribution is 7.52. The Bertz CT molecular complexity index is 1060. The van der Waals surface area contributed by atoms with Gasteiger partial charge in [-0.05, 0) is 70.2 Å². The van der Waals surface area contributed by atoms with E-state index in [1.54, 1.807) is 26.8 Å². The molecule has 1 aliphatic rings. The van der Waals surface area contributed by atoms with Crippen LogP contribution in [0.4, 0.5) is 0 Å². The summed E-state index contributed by atoms with van der Waals surface area (Å²) >= 11 is 0. The highest BCUT2D eigenvalue weighted by atomic mass is 31.2. The van der Waals surface area contributed by atoms with Crippen molar-refractivity contribution in [3.8, 4) is 11.5 Å². The van der Waals surface area contributed by atoms with Gasteiger partial charge >= 0.3 is 13.7 Å². The van der Waals surface area contributed by atoms with Crippen molar-refractivity contribution >= 4 is 13.7 Å². The Labute approximate surface area is 193 Å². The molecule has 9 nitrogen and oxygen atoms in total. The molecule has 0 saturated carbocycles. The predicted octanol–water partition coefficient (Wildman–Crippen LogP) is 3.71. The number of aromatic nitrogens is 1. The van der Waals surface area contributed by atoms with Gasteiger partial charge in [0.05, 0.1) is 25.0 Å². The van der Waals surface area contributed by atoms with Crippen LogP contribution in [0.15, 0.2) is 24.4 Å². The van der Waals surface area contributed by atoms with E-state index in [0.717, 1.165) is 24.8 Å². The number of aliphatic hydroxyl groups excluding tert-OH is 1. The third kappa shape index (κ3) is 6.32. The number of carbonyl (C=O) groups is 1. The molecule has 0 spiro atoms. The number of rotatable bonds is 10. The number of fused-ring (bicyclic) bond motifs is 1. The molecule has 10 heteroatoms. The number of carbonyl (C=O) groups excluding carboxylic acids is 1. The first-order chi connectivity index (χ1) is 15.6. The van der Waals surface area contributed by atoms with Gasteiger partial charge in [0.25, 0.3) is 0 Å². The van der Waals surface area contributed by atoms with Crippen LogP contribution in [0.1, 0.15) is 55.1 Å². The van der Waals surface area contributed by atoms with Crippen molar-refractivity contribution in [3.63, 3.8) is 0 Å². The van der Waals surface area contributed by atoms with Gasteiger partial charge in [-0.2, -0.15) is 5.09 Å². The summed E-state index contributed by atoms with van der Waals surface area (Å²) in [7, 11) is -4.08. The second-order valence-electron chi connectivity index (χ2n) is 8.34. The smallest absolute Gasteiger partial charge is 0.459 e. The first kappa shape index (κ1) is 25.2. The van der Waals surface area contributed by atoms with E-state index in [1.807, 2.05) is 12.1 Å². The third-order valence-electron chi connectivity index (χ3n) is 5.33. The molecule has 0 saturated heterocycles.